The molecule has 7 nitrogen and oxygen atoms in total. The minimum Gasteiger partial charge on any atom is -0.495 e. The third-order valence-electron chi connectivity index (χ3n) is 3.69. The summed E-state index contributed by atoms with van der Waals surface area (Å²) in [6, 6.07) is 6.28. The fourth-order valence-electron chi connectivity index (χ4n) is 2.20. The zero-order chi connectivity index (χ0) is 17.7. The van der Waals surface area contributed by atoms with Crippen LogP contribution >= 0.6 is 0 Å². The lowest BCUT2D eigenvalue weighted by molar-refractivity contribution is 0.401. The monoisotopic (exact) mass is 351 g/mol. The first-order chi connectivity index (χ1) is 11.3. The van der Waals surface area contributed by atoms with Gasteiger partial charge in [0.25, 0.3) is 5.56 Å². The van der Waals surface area contributed by atoms with Gasteiger partial charge in [-0.3, -0.25) is 4.79 Å². The molecule has 2 rings (SSSR count). The van der Waals surface area contributed by atoms with E-state index in [-0.39, 0.29) is 17.0 Å². The number of ether oxygens (including phenoxy) is 1. The first kappa shape index (κ1) is 18.2. The van der Waals surface area contributed by atoms with E-state index in [4.69, 9.17) is 4.74 Å². The highest BCUT2D eigenvalue weighted by atomic mass is 32.2. The summed E-state index contributed by atoms with van der Waals surface area (Å²) in [5, 5.41) is 3.93. The summed E-state index contributed by atoms with van der Waals surface area (Å²) in [5.74, 6) is 0.312. The van der Waals surface area contributed by atoms with E-state index in [0.717, 1.165) is 11.1 Å². The molecule has 0 spiro atoms. The summed E-state index contributed by atoms with van der Waals surface area (Å²) in [7, 11) is -2.25. The van der Waals surface area contributed by atoms with Crippen LogP contribution in [0, 0.1) is 13.8 Å². The van der Waals surface area contributed by atoms with Crippen LogP contribution in [0.2, 0.25) is 0 Å². The van der Waals surface area contributed by atoms with E-state index in [2.05, 4.69) is 9.82 Å². The fourth-order valence-corrected chi connectivity index (χ4v) is 3.51. The molecule has 0 saturated carbocycles. The molecular weight excluding hydrogens is 330 g/mol. The van der Waals surface area contributed by atoms with Crippen molar-refractivity contribution in [3.63, 3.8) is 0 Å². The Hall–Kier alpha value is -2.19. The van der Waals surface area contributed by atoms with E-state index in [1.54, 1.807) is 18.2 Å². The normalized spacial score (nSPS) is 11.5. The predicted octanol–water partition coefficient (Wildman–Crippen LogP) is 1.24. The van der Waals surface area contributed by atoms with Gasteiger partial charge < -0.3 is 4.74 Å². The van der Waals surface area contributed by atoms with Gasteiger partial charge in [0.2, 0.25) is 10.0 Å². The van der Waals surface area contributed by atoms with Crippen LogP contribution in [0.5, 0.6) is 5.75 Å². The zero-order valence-corrected chi connectivity index (χ0v) is 14.8. The average molecular weight is 351 g/mol. The van der Waals surface area contributed by atoms with Gasteiger partial charge in [0.1, 0.15) is 10.6 Å². The lowest BCUT2D eigenvalue weighted by atomic mass is 10.1. The maximum absolute atomic E-state index is 12.5. The first-order valence-electron chi connectivity index (χ1n) is 7.52. The molecule has 0 unspecified atom stereocenters. The van der Waals surface area contributed by atoms with Crippen molar-refractivity contribution in [2.24, 2.45) is 0 Å². The minimum atomic E-state index is -3.69. The van der Waals surface area contributed by atoms with Crippen LogP contribution in [0.15, 0.2) is 40.2 Å². The number of aryl methyl sites for hydroxylation is 3. The molecule has 0 aliphatic heterocycles. The Bertz CT molecular complexity index is 875. The Morgan fingerprint density at radius 1 is 1.25 bits per heavy atom. The van der Waals surface area contributed by atoms with Crippen LogP contribution in [-0.2, 0) is 16.6 Å². The maximum atomic E-state index is 12.5. The molecule has 1 heterocycles. The number of nitrogens with one attached hydrogen (secondary N) is 1. The van der Waals surface area contributed by atoms with Crippen LogP contribution in [0.1, 0.15) is 17.5 Å². The Balaban J connectivity index is 2.05. The van der Waals surface area contributed by atoms with Gasteiger partial charge >= 0.3 is 0 Å². The van der Waals surface area contributed by atoms with Gasteiger partial charge in [-0.15, -0.1) is 0 Å². The standard InChI is InChI=1S/C16H21N3O4S/c1-12-10-14(23-3)15(11-13(12)2)24(21,22)18-8-5-9-19-16(20)6-4-7-17-19/h4,6-7,10-11,18H,5,8-9H2,1-3H3. The molecule has 0 fully saturated rings. The fraction of sp³-hybridized carbons (Fsp3) is 0.375. The van der Waals surface area contributed by atoms with Crippen LogP contribution < -0.4 is 15.0 Å². The van der Waals surface area contributed by atoms with Gasteiger partial charge in [0.05, 0.1) is 7.11 Å². The van der Waals surface area contributed by atoms with E-state index >= 15 is 0 Å². The van der Waals surface area contributed by atoms with Crippen molar-refractivity contribution in [2.45, 2.75) is 31.7 Å². The number of aromatic nitrogens is 2. The van der Waals surface area contributed by atoms with Gasteiger partial charge in [-0.25, -0.2) is 17.8 Å². The van der Waals surface area contributed by atoms with Gasteiger partial charge in [0, 0.05) is 25.4 Å². The molecule has 0 atom stereocenters. The van der Waals surface area contributed by atoms with Gasteiger partial charge in [-0.2, -0.15) is 5.10 Å². The van der Waals surface area contributed by atoms with Crippen LogP contribution in [0.25, 0.3) is 0 Å². The lowest BCUT2D eigenvalue weighted by Crippen LogP contribution is -2.28. The SMILES string of the molecule is COc1cc(C)c(C)cc1S(=O)(=O)NCCCn1ncccc1=O. The summed E-state index contributed by atoms with van der Waals surface area (Å²) in [5.41, 5.74) is 1.62. The number of sulfonamides is 1. The Labute approximate surface area is 141 Å². The molecule has 8 heteroatoms. The third kappa shape index (κ3) is 4.21. The minimum absolute atomic E-state index is 0.114. The summed E-state index contributed by atoms with van der Waals surface area (Å²) in [6.45, 7) is 4.28. The Morgan fingerprint density at radius 2 is 1.96 bits per heavy atom. The molecule has 0 bridgehead atoms. The molecule has 0 amide bonds. The first-order valence-corrected chi connectivity index (χ1v) is 9.00. The smallest absolute Gasteiger partial charge is 0.266 e. The highest BCUT2D eigenvalue weighted by Gasteiger charge is 2.20. The second-order valence-corrected chi connectivity index (χ2v) is 7.16. The number of benzene rings is 1. The van der Waals surface area contributed by atoms with Gasteiger partial charge in [-0.1, -0.05) is 0 Å². The molecule has 0 radical (unpaired) electrons. The van der Waals surface area contributed by atoms with E-state index < -0.39 is 10.0 Å². The largest absolute Gasteiger partial charge is 0.495 e. The Kier molecular flexibility index (Phi) is 5.74. The Morgan fingerprint density at radius 3 is 2.62 bits per heavy atom. The second kappa shape index (κ2) is 7.59. The number of hydrogen-bond donors (Lipinski definition) is 1. The molecule has 1 aromatic heterocycles. The van der Waals surface area contributed by atoms with Crippen molar-refractivity contribution in [1.29, 1.82) is 0 Å². The van der Waals surface area contributed by atoms with Crippen molar-refractivity contribution in [3.05, 3.63) is 51.9 Å². The molecule has 130 valence electrons. The van der Waals surface area contributed by atoms with Crippen molar-refractivity contribution >= 4 is 10.0 Å². The van der Waals surface area contributed by atoms with Crippen LogP contribution in [0.3, 0.4) is 0 Å². The number of nitrogens with zero attached hydrogens (tertiary/aromatic N) is 2. The van der Waals surface area contributed by atoms with E-state index in [1.165, 1.54) is 24.1 Å². The van der Waals surface area contributed by atoms with Crippen molar-refractivity contribution in [3.8, 4) is 5.75 Å². The molecule has 0 aliphatic rings. The highest BCUT2D eigenvalue weighted by molar-refractivity contribution is 7.89. The number of hydrogen-bond acceptors (Lipinski definition) is 5. The molecule has 1 N–H and O–H groups in total. The lowest BCUT2D eigenvalue weighted by Gasteiger charge is -2.13. The number of methoxy groups -OCH3 is 1. The van der Waals surface area contributed by atoms with Crippen molar-refractivity contribution < 1.29 is 13.2 Å². The van der Waals surface area contributed by atoms with Crippen molar-refractivity contribution in [2.75, 3.05) is 13.7 Å². The zero-order valence-electron chi connectivity index (χ0n) is 13.9. The van der Waals surface area contributed by atoms with E-state index in [1.807, 2.05) is 13.8 Å². The van der Waals surface area contributed by atoms with Gasteiger partial charge in [-0.05, 0) is 49.6 Å². The second-order valence-electron chi connectivity index (χ2n) is 5.42. The molecule has 2 aromatic rings. The topological polar surface area (TPSA) is 90.3 Å². The maximum Gasteiger partial charge on any atom is 0.266 e. The molecule has 1 aromatic carbocycles. The summed E-state index contributed by atoms with van der Waals surface area (Å²) >= 11 is 0. The van der Waals surface area contributed by atoms with Gasteiger partial charge in [0.15, 0.2) is 0 Å². The van der Waals surface area contributed by atoms with Crippen molar-refractivity contribution in [1.82, 2.24) is 14.5 Å². The quantitative estimate of drug-likeness (QED) is 0.758. The number of rotatable bonds is 7. The summed E-state index contributed by atoms with van der Waals surface area (Å²) < 4.78 is 34.0. The average Bonchev–Trinajstić information content (AvgIpc) is 2.55. The molecule has 0 aliphatic carbocycles. The molecule has 24 heavy (non-hydrogen) atoms. The predicted molar refractivity (Wildman–Crippen MR) is 90.8 cm³/mol. The molecular formula is C16H21N3O4S. The molecule has 0 saturated heterocycles. The highest BCUT2D eigenvalue weighted by Crippen LogP contribution is 2.27. The summed E-state index contributed by atoms with van der Waals surface area (Å²) in [6.07, 6.45) is 1.97. The third-order valence-corrected chi connectivity index (χ3v) is 5.18. The summed E-state index contributed by atoms with van der Waals surface area (Å²) in [4.78, 5) is 11.6. The van der Waals surface area contributed by atoms with E-state index in [0.29, 0.717) is 18.7 Å². The van der Waals surface area contributed by atoms with E-state index in [9.17, 15) is 13.2 Å². The van der Waals surface area contributed by atoms with Crippen LogP contribution in [0.4, 0.5) is 0 Å². The van der Waals surface area contributed by atoms with Crippen LogP contribution in [-0.4, -0.2) is 31.9 Å².